The lowest BCUT2D eigenvalue weighted by Crippen LogP contribution is -2.22. The summed E-state index contributed by atoms with van der Waals surface area (Å²) >= 11 is 0. The minimum atomic E-state index is -0.335. The van der Waals surface area contributed by atoms with Crippen molar-refractivity contribution in [3.63, 3.8) is 0 Å². The first-order chi connectivity index (χ1) is 10.2. The van der Waals surface area contributed by atoms with Crippen LogP contribution >= 0.6 is 0 Å². The molecule has 0 saturated heterocycles. The van der Waals surface area contributed by atoms with Crippen LogP contribution in [0.25, 0.3) is 0 Å². The zero-order valence-corrected chi connectivity index (χ0v) is 12.9. The maximum Gasteiger partial charge on any atom is 0.441 e. The van der Waals surface area contributed by atoms with E-state index >= 15 is 0 Å². The van der Waals surface area contributed by atoms with Gasteiger partial charge in [0, 0.05) is 13.0 Å². The van der Waals surface area contributed by atoms with Crippen molar-refractivity contribution in [2.75, 3.05) is 0 Å². The molecule has 1 heterocycles. The van der Waals surface area contributed by atoms with Gasteiger partial charge in [-0.15, -0.1) is 0 Å². The normalized spacial score (nSPS) is 11.2. The van der Waals surface area contributed by atoms with Crippen LogP contribution in [0.3, 0.4) is 0 Å². The topological polar surface area (TPSA) is 48.0 Å². The Hall–Kier alpha value is -1.84. The van der Waals surface area contributed by atoms with Gasteiger partial charge >= 0.3 is 5.76 Å². The van der Waals surface area contributed by atoms with Gasteiger partial charge in [-0.05, 0) is 24.3 Å². The van der Waals surface area contributed by atoms with Crippen LogP contribution in [0.4, 0.5) is 0 Å². The highest BCUT2D eigenvalue weighted by atomic mass is 16.5. The monoisotopic (exact) mass is 288 g/mol. The van der Waals surface area contributed by atoms with Crippen molar-refractivity contribution in [3.05, 3.63) is 52.3 Å². The summed E-state index contributed by atoms with van der Waals surface area (Å²) in [6, 6.07) is 10.1. The first-order valence-corrected chi connectivity index (χ1v) is 7.83. The van der Waals surface area contributed by atoms with E-state index in [0.717, 1.165) is 37.1 Å². The number of nitrogens with zero attached hydrogens (tertiary/aromatic N) is 2. The predicted octanol–water partition coefficient (Wildman–Crippen LogP) is 3.64. The van der Waals surface area contributed by atoms with Gasteiger partial charge in [0.25, 0.3) is 0 Å². The first kappa shape index (κ1) is 15.5. The second-order valence-corrected chi connectivity index (χ2v) is 5.58. The average molecular weight is 288 g/mol. The van der Waals surface area contributed by atoms with Crippen LogP contribution in [0.1, 0.15) is 50.9 Å². The molecule has 0 amide bonds. The van der Waals surface area contributed by atoms with Gasteiger partial charge in [0.05, 0.1) is 0 Å². The Bertz CT molecular complexity index is 580. The van der Waals surface area contributed by atoms with Crippen LogP contribution in [0.2, 0.25) is 0 Å². The average Bonchev–Trinajstić information content (AvgIpc) is 2.82. The van der Waals surface area contributed by atoms with Crippen LogP contribution in [-0.4, -0.2) is 9.72 Å². The van der Waals surface area contributed by atoms with Gasteiger partial charge in [-0.25, -0.2) is 4.79 Å². The molecule has 0 aliphatic carbocycles. The summed E-state index contributed by atoms with van der Waals surface area (Å²) < 4.78 is 6.59. The van der Waals surface area contributed by atoms with Crippen molar-refractivity contribution in [1.82, 2.24) is 9.72 Å². The molecule has 0 radical (unpaired) electrons. The SMILES string of the molecule is CCCC(CCC)Cn1c(Cc2ccccc2)noc1=O. The first-order valence-electron chi connectivity index (χ1n) is 7.83. The zero-order valence-electron chi connectivity index (χ0n) is 12.9. The van der Waals surface area contributed by atoms with Crippen molar-refractivity contribution < 1.29 is 4.52 Å². The Morgan fingerprint density at radius 1 is 1.14 bits per heavy atom. The molecule has 2 aromatic rings. The predicted molar refractivity (Wildman–Crippen MR) is 83.3 cm³/mol. The molecule has 0 aliphatic heterocycles. The molecule has 0 spiro atoms. The molecule has 4 nitrogen and oxygen atoms in total. The van der Waals surface area contributed by atoms with E-state index in [1.165, 1.54) is 0 Å². The van der Waals surface area contributed by atoms with E-state index in [1.807, 2.05) is 30.3 Å². The minimum Gasteiger partial charge on any atom is -0.296 e. The fourth-order valence-corrected chi connectivity index (χ4v) is 2.78. The van der Waals surface area contributed by atoms with Crippen molar-refractivity contribution in [2.45, 2.75) is 52.5 Å². The molecule has 21 heavy (non-hydrogen) atoms. The van der Waals surface area contributed by atoms with Gasteiger partial charge in [0.1, 0.15) is 0 Å². The Morgan fingerprint density at radius 3 is 2.43 bits per heavy atom. The van der Waals surface area contributed by atoms with Gasteiger partial charge < -0.3 is 0 Å². The molecular formula is C17H24N2O2. The standard InChI is InChI=1S/C17H24N2O2/c1-3-8-15(9-4-2)13-19-16(18-21-17(19)20)12-14-10-6-5-7-11-14/h5-7,10-11,15H,3-4,8-9,12-13H2,1-2H3. The van der Waals surface area contributed by atoms with Crippen molar-refractivity contribution in [2.24, 2.45) is 5.92 Å². The number of hydrogen-bond acceptors (Lipinski definition) is 3. The molecule has 4 heteroatoms. The maximum absolute atomic E-state index is 11.9. The Balaban J connectivity index is 2.15. The highest BCUT2D eigenvalue weighted by molar-refractivity contribution is 5.18. The number of hydrogen-bond donors (Lipinski definition) is 0. The van der Waals surface area contributed by atoms with Crippen molar-refractivity contribution >= 4 is 0 Å². The van der Waals surface area contributed by atoms with Crippen molar-refractivity contribution in [1.29, 1.82) is 0 Å². The van der Waals surface area contributed by atoms with Gasteiger partial charge in [-0.2, -0.15) is 0 Å². The third-order valence-electron chi connectivity index (χ3n) is 3.80. The van der Waals surface area contributed by atoms with Gasteiger partial charge in [-0.1, -0.05) is 62.2 Å². The highest BCUT2D eigenvalue weighted by Crippen LogP contribution is 2.16. The lowest BCUT2D eigenvalue weighted by atomic mass is 9.98. The molecule has 1 aromatic heterocycles. The molecular weight excluding hydrogens is 264 g/mol. The quantitative estimate of drug-likeness (QED) is 0.745. The Labute approximate surface area is 125 Å². The van der Waals surface area contributed by atoms with Crippen LogP contribution in [0, 0.1) is 5.92 Å². The number of rotatable bonds is 8. The van der Waals surface area contributed by atoms with Crippen LogP contribution in [0.5, 0.6) is 0 Å². The molecule has 114 valence electrons. The number of benzene rings is 1. The second-order valence-electron chi connectivity index (χ2n) is 5.58. The molecule has 0 fully saturated rings. The van der Waals surface area contributed by atoms with E-state index in [0.29, 0.717) is 18.9 Å². The molecule has 2 rings (SSSR count). The molecule has 0 bridgehead atoms. The third kappa shape index (κ3) is 4.31. The Kier molecular flexibility index (Phi) is 5.78. The summed E-state index contributed by atoms with van der Waals surface area (Å²) in [5.74, 6) is 0.910. The van der Waals surface area contributed by atoms with Crippen molar-refractivity contribution in [3.8, 4) is 0 Å². The largest absolute Gasteiger partial charge is 0.441 e. The second kappa shape index (κ2) is 7.81. The fourth-order valence-electron chi connectivity index (χ4n) is 2.78. The minimum absolute atomic E-state index is 0.335. The Morgan fingerprint density at radius 2 is 1.81 bits per heavy atom. The molecule has 1 aromatic carbocycles. The van der Waals surface area contributed by atoms with E-state index in [-0.39, 0.29) is 5.76 Å². The molecule has 0 N–H and O–H groups in total. The van der Waals surface area contributed by atoms with Gasteiger partial charge in [-0.3, -0.25) is 9.09 Å². The van der Waals surface area contributed by atoms with E-state index in [4.69, 9.17) is 4.52 Å². The van der Waals surface area contributed by atoms with Crippen LogP contribution in [0.15, 0.2) is 39.6 Å². The lowest BCUT2D eigenvalue weighted by Gasteiger charge is -2.15. The molecule has 0 aliphatic rings. The summed E-state index contributed by atoms with van der Waals surface area (Å²) in [5, 5.41) is 3.96. The third-order valence-corrected chi connectivity index (χ3v) is 3.80. The summed E-state index contributed by atoms with van der Waals surface area (Å²) in [4.78, 5) is 11.9. The van der Waals surface area contributed by atoms with Crippen LogP contribution in [-0.2, 0) is 13.0 Å². The smallest absolute Gasteiger partial charge is 0.296 e. The summed E-state index contributed by atoms with van der Waals surface area (Å²) in [6.45, 7) is 5.08. The van der Waals surface area contributed by atoms with Gasteiger partial charge in [0.15, 0.2) is 5.82 Å². The zero-order chi connectivity index (χ0) is 15.1. The van der Waals surface area contributed by atoms with E-state index < -0.39 is 0 Å². The fraction of sp³-hybridized carbons (Fsp3) is 0.529. The number of aromatic nitrogens is 2. The summed E-state index contributed by atoms with van der Waals surface area (Å²) in [7, 11) is 0. The summed E-state index contributed by atoms with van der Waals surface area (Å²) in [5.41, 5.74) is 1.14. The molecule has 0 atom stereocenters. The molecule has 0 unspecified atom stereocenters. The van der Waals surface area contributed by atoms with E-state index in [9.17, 15) is 4.79 Å². The molecule has 0 saturated carbocycles. The highest BCUT2D eigenvalue weighted by Gasteiger charge is 2.16. The van der Waals surface area contributed by atoms with Crippen LogP contribution < -0.4 is 5.76 Å². The van der Waals surface area contributed by atoms with E-state index in [2.05, 4.69) is 19.0 Å². The maximum atomic E-state index is 11.9. The van der Waals surface area contributed by atoms with E-state index in [1.54, 1.807) is 4.57 Å². The summed E-state index contributed by atoms with van der Waals surface area (Å²) in [6.07, 6.45) is 5.18. The lowest BCUT2D eigenvalue weighted by molar-refractivity contribution is 0.342. The van der Waals surface area contributed by atoms with Gasteiger partial charge in [0.2, 0.25) is 0 Å².